The monoisotopic (exact) mass is 470 g/mol. The van der Waals surface area contributed by atoms with Crippen molar-refractivity contribution in [1.82, 2.24) is 29.8 Å². The number of rotatable bonds is 7. The van der Waals surface area contributed by atoms with Gasteiger partial charge in [0.1, 0.15) is 0 Å². The van der Waals surface area contributed by atoms with Crippen LogP contribution < -0.4 is 10.6 Å². The van der Waals surface area contributed by atoms with Gasteiger partial charge < -0.3 is 20.3 Å². The van der Waals surface area contributed by atoms with E-state index in [-0.39, 0.29) is 18.7 Å². The quantitative estimate of drug-likeness (QED) is 0.548. The fraction of sp³-hybridized carbons (Fsp3) is 0.478. The van der Waals surface area contributed by atoms with Gasteiger partial charge in [0.25, 0.3) is 6.43 Å². The summed E-state index contributed by atoms with van der Waals surface area (Å²) in [4.78, 5) is 16.1. The van der Waals surface area contributed by atoms with Crippen LogP contribution >= 0.6 is 0 Å². The predicted octanol–water partition coefficient (Wildman–Crippen LogP) is 2.41. The lowest BCUT2D eigenvalue weighted by atomic mass is 10.0. The Morgan fingerprint density at radius 2 is 2.15 bits per heavy atom. The number of halogens is 2. The molecule has 0 aromatic carbocycles. The van der Waals surface area contributed by atoms with Crippen molar-refractivity contribution >= 4 is 22.9 Å². The summed E-state index contributed by atoms with van der Waals surface area (Å²) >= 11 is 0. The molecule has 0 aliphatic carbocycles. The standard InChI is InChI=1S/C23H28F2N8O/c1-14-19(26-12-22(24)25)9-20-18(29-14)4-3-17(30-20)16-5-6-33-21(16)11-28-23(31-33)27-10-15-13-32(2)7-8-34-15/h3-6,11,15,19,22,26H,7-10,12-13H2,1-2H3,(H,27,31). The molecule has 2 aliphatic heterocycles. The minimum atomic E-state index is -2.41. The van der Waals surface area contributed by atoms with Gasteiger partial charge in [-0.15, -0.1) is 5.10 Å². The van der Waals surface area contributed by atoms with Gasteiger partial charge in [0.05, 0.1) is 54.1 Å². The Hall–Kier alpha value is -3.02. The number of aromatic nitrogens is 4. The maximum atomic E-state index is 12.7. The van der Waals surface area contributed by atoms with E-state index in [1.807, 2.05) is 31.3 Å². The zero-order valence-electron chi connectivity index (χ0n) is 19.2. The van der Waals surface area contributed by atoms with Crippen molar-refractivity contribution in [2.45, 2.75) is 31.9 Å². The summed E-state index contributed by atoms with van der Waals surface area (Å²) in [6, 6.07) is 5.54. The summed E-state index contributed by atoms with van der Waals surface area (Å²) in [5, 5.41) is 10.7. The van der Waals surface area contributed by atoms with Crippen molar-refractivity contribution in [1.29, 1.82) is 0 Å². The number of morpholine rings is 1. The maximum absolute atomic E-state index is 12.7. The van der Waals surface area contributed by atoms with Crippen LogP contribution in [0.1, 0.15) is 12.6 Å². The molecule has 2 aliphatic rings. The van der Waals surface area contributed by atoms with Crippen LogP contribution in [0.15, 0.2) is 35.6 Å². The van der Waals surface area contributed by atoms with Crippen molar-refractivity contribution in [3.05, 3.63) is 36.3 Å². The van der Waals surface area contributed by atoms with E-state index in [4.69, 9.17) is 9.72 Å². The fourth-order valence-corrected chi connectivity index (χ4v) is 4.35. The van der Waals surface area contributed by atoms with E-state index in [0.717, 1.165) is 53.6 Å². The van der Waals surface area contributed by atoms with Crippen molar-refractivity contribution < 1.29 is 13.5 Å². The zero-order valence-corrected chi connectivity index (χ0v) is 19.2. The largest absolute Gasteiger partial charge is 0.374 e. The molecule has 5 rings (SSSR count). The van der Waals surface area contributed by atoms with Gasteiger partial charge in [0.2, 0.25) is 5.95 Å². The molecule has 0 radical (unpaired) electrons. The van der Waals surface area contributed by atoms with E-state index in [9.17, 15) is 8.78 Å². The van der Waals surface area contributed by atoms with Crippen LogP contribution in [0.4, 0.5) is 20.4 Å². The van der Waals surface area contributed by atoms with Gasteiger partial charge in [-0.3, -0.25) is 9.98 Å². The normalized spacial score (nSPS) is 21.0. The second-order valence-electron chi connectivity index (χ2n) is 8.75. The van der Waals surface area contributed by atoms with Gasteiger partial charge in [-0.05, 0) is 32.2 Å². The first-order valence-electron chi connectivity index (χ1n) is 11.4. The Labute approximate surface area is 196 Å². The van der Waals surface area contributed by atoms with E-state index in [1.54, 1.807) is 10.7 Å². The summed E-state index contributed by atoms with van der Waals surface area (Å²) < 4.78 is 32.9. The summed E-state index contributed by atoms with van der Waals surface area (Å²) in [6.07, 6.45) is 1.86. The number of pyridine rings is 1. The number of aliphatic imine (C=N–C) groups is 1. The van der Waals surface area contributed by atoms with Crippen LogP contribution in [-0.2, 0) is 11.2 Å². The van der Waals surface area contributed by atoms with Crippen LogP contribution in [0.25, 0.3) is 16.8 Å². The molecule has 0 amide bonds. The Bertz CT molecular complexity index is 1200. The molecule has 0 bridgehead atoms. The van der Waals surface area contributed by atoms with Crippen LogP contribution in [-0.4, -0.2) is 88.6 Å². The molecule has 0 saturated carbocycles. The van der Waals surface area contributed by atoms with Gasteiger partial charge >= 0.3 is 0 Å². The van der Waals surface area contributed by atoms with Crippen LogP contribution in [0, 0.1) is 0 Å². The zero-order chi connectivity index (χ0) is 23.7. The SMILES string of the molecule is CC1=Nc2ccc(-c3ccn4nc(NCC5CN(C)CCO5)ncc34)nc2CC1NCC(F)F. The predicted molar refractivity (Wildman–Crippen MR) is 126 cm³/mol. The Balaban J connectivity index is 1.32. The molecule has 2 N–H and O–H groups in total. The number of fused-ring (bicyclic) bond motifs is 2. The molecule has 180 valence electrons. The number of hydrogen-bond acceptors (Lipinski definition) is 8. The van der Waals surface area contributed by atoms with Crippen molar-refractivity contribution in [2.75, 3.05) is 45.2 Å². The maximum Gasteiger partial charge on any atom is 0.250 e. The fourth-order valence-electron chi connectivity index (χ4n) is 4.35. The summed E-state index contributed by atoms with van der Waals surface area (Å²) in [7, 11) is 2.09. The van der Waals surface area contributed by atoms with Gasteiger partial charge in [0, 0.05) is 43.5 Å². The van der Waals surface area contributed by atoms with Gasteiger partial charge in [-0.25, -0.2) is 18.3 Å². The molecular formula is C23H28F2N8O. The summed E-state index contributed by atoms with van der Waals surface area (Å²) in [5.41, 5.74) is 4.84. The average molecular weight is 471 g/mol. The highest BCUT2D eigenvalue weighted by molar-refractivity contribution is 5.92. The Kier molecular flexibility index (Phi) is 6.48. The number of hydrogen-bond donors (Lipinski definition) is 2. The third-order valence-electron chi connectivity index (χ3n) is 6.19. The first-order valence-corrected chi connectivity index (χ1v) is 11.4. The molecule has 34 heavy (non-hydrogen) atoms. The van der Waals surface area contributed by atoms with Crippen LogP contribution in [0.5, 0.6) is 0 Å². The van der Waals surface area contributed by atoms with Crippen LogP contribution in [0.3, 0.4) is 0 Å². The number of nitrogens with zero attached hydrogens (tertiary/aromatic N) is 6. The van der Waals surface area contributed by atoms with Gasteiger partial charge in [-0.1, -0.05) is 0 Å². The van der Waals surface area contributed by atoms with E-state index < -0.39 is 6.43 Å². The van der Waals surface area contributed by atoms with Gasteiger partial charge in [-0.2, -0.15) is 0 Å². The highest BCUT2D eigenvalue weighted by atomic mass is 19.3. The molecule has 2 unspecified atom stereocenters. The second-order valence-corrected chi connectivity index (χ2v) is 8.75. The molecule has 3 aromatic rings. The first-order chi connectivity index (χ1) is 16.5. The second kappa shape index (κ2) is 9.69. The first kappa shape index (κ1) is 22.8. The van der Waals surface area contributed by atoms with Gasteiger partial charge in [0.15, 0.2) is 0 Å². The number of nitrogens with one attached hydrogen (secondary N) is 2. The Morgan fingerprint density at radius 1 is 1.26 bits per heavy atom. The minimum Gasteiger partial charge on any atom is -0.374 e. The van der Waals surface area contributed by atoms with E-state index in [2.05, 4.69) is 37.7 Å². The molecule has 9 nitrogen and oxygen atoms in total. The highest BCUT2D eigenvalue weighted by Crippen LogP contribution is 2.30. The lowest BCUT2D eigenvalue weighted by Gasteiger charge is -2.30. The third-order valence-corrected chi connectivity index (χ3v) is 6.19. The molecule has 1 saturated heterocycles. The molecular weight excluding hydrogens is 442 g/mol. The molecule has 1 fully saturated rings. The minimum absolute atomic E-state index is 0.100. The van der Waals surface area contributed by atoms with Crippen LogP contribution in [0.2, 0.25) is 0 Å². The smallest absolute Gasteiger partial charge is 0.250 e. The molecule has 2 atom stereocenters. The summed E-state index contributed by atoms with van der Waals surface area (Å²) in [6.45, 7) is 4.66. The summed E-state index contributed by atoms with van der Waals surface area (Å²) in [5.74, 6) is 0.530. The van der Waals surface area contributed by atoms with E-state index >= 15 is 0 Å². The highest BCUT2D eigenvalue weighted by Gasteiger charge is 2.23. The van der Waals surface area contributed by atoms with E-state index in [1.165, 1.54) is 0 Å². The lowest BCUT2D eigenvalue weighted by molar-refractivity contribution is -0.0118. The third kappa shape index (κ3) is 4.91. The lowest BCUT2D eigenvalue weighted by Crippen LogP contribution is -2.43. The molecule has 0 spiro atoms. The number of ether oxygens (including phenoxy) is 1. The number of likely N-dealkylation sites (N-methyl/N-ethyl adjacent to an activating group) is 1. The van der Waals surface area contributed by atoms with Crippen molar-refractivity contribution in [2.24, 2.45) is 4.99 Å². The van der Waals surface area contributed by atoms with Crippen molar-refractivity contribution in [3.8, 4) is 11.3 Å². The molecule has 11 heteroatoms. The number of alkyl halides is 2. The average Bonchev–Trinajstić information content (AvgIpc) is 3.24. The molecule has 5 heterocycles. The topological polar surface area (TPSA) is 92.0 Å². The van der Waals surface area contributed by atoms with E-state index in [0.29, 0.717) is 18.9 Å². The Morgan fingerprint density at radius 3 is 2.97 bits per heavy atom. The number of anilines is 1. The van der Waals surface area contributed by atoms with Crippen molar-refractivity contribution in [3.63, 3.8) is 0 Å². The molecule has 3 aromatic heterocycles.